The summed E-state index contributed by atoms with van der Waals surface area (Å²) in [6, 6.07) is 18.2. The van der Waals surface area contributed by atoms with Crippen molar-refractivity contribution in [1.29, 1.82) is 0 Å². The highest BCUT2D eigenvalue weighted by atomic mass is 35.5. The number of benzene rings is 3. The Hall–Kier alpha value is -2.83. The second kappa shape index (κ2) is 8.90. The molecule has 1 unspecified atom stereocenters. The number of carbonyl (C=O) groups excluding carboxylic acids is 1. The summed E-state index contributed by atoms with van der Waals surface area (Å²) < 4.78 is 27.4. The summed E-state index contributed by atoms with van der Waals surface area (Å²) in [4.78, 5) is 12.7. The van der Waals surface area contributed by atoms with Crippen LogP contribution >= 0.6 is 11.6 Å². The smallest absolute Gasteiger partial charge is 0.261 e. The van der Waals surface area contributed by atoms with Crippen molar-refractivity contribution in [2.75, 3.05) is 4.72 Å². The van der Waals surface area contributed by atoms with Crippen molar-refractivity contribution >= 4 is 33.2 Å². The molecule has 3 aromatic carbocycles. The Morgan fingerprint density at radius 2 is 1.57 bits per heavy atom. The Kier molecular flexibility index (Phi) is 6.48. The van der Waals surface area contributed by atoms with Crippen molar-refractivity contribution < 1.29 is 13.2 Å². The third-order valence-corrected chi connectivity index (χ3v) is 6.42. The second-order valence-corrected chi connectivity index (χ2v) is 9.31. The number of carbonyl (C=O) groups is 1. The molecule has 0 saturated carbocycles. The summed E-state index contributed by atoms with van der Waals surface area (Å²) in [6.07, 6.45) is 0. The van der Waals surface area contributed by atoms with Crippen LogP contribution in [0.3, 0.4) is 0 Å². The fourth-order valence-electron chi connectivity index (χ4n) is 3.10. The van der Waals surface area contributed by atoms with Crippen LogP contribution in [0, 0.1) is 13.8 Å². The summed E-state index contributed by atoms with van der Waals surface area (Å²) in [5.41, 5.74) is 4.12. The molecule has 1 amide bonds. The first-order valence-electron chi connectivity index (χ1n) is 9.42. The van der Waals surface area contributed by atoms with Gasteiger partial charge in [0.1, 0.15) is 0 Å². The molecule has 3 rings (SSSR count). The molecule has 2 N–H and O–H groups in total. The molecule has 156 valence electrons. The summed E-state index contributed by atoms with van der Waals surface area (Å²) >= 11 is 5.81. The highest BCUT2D eigenvalue weighted by Crippen LogP contribution is 2.21. The first-order chi connectivity index (χ1) is 14.2. The molecule has 0 bridgehead atoms. The average Bonchev–Trinajstić information content (AvgIpc) is 2.70. The van der Waals surface area contributed by atoms with Gasteiger partial charge in [0.25, 0.3) is 15.9 Å². The normalized spacial score (nSPS) is 12.3. The Balaban J connectivity index is 1.69. The SMILES string of the molecule is Cc1ccc(C)c(C(C)NC(=O)c2ccc(NS(=O)(=O)c3ccc(Cl)cc3)cc2)c1. The number of sulfonamides is 1. The van der Waals surface area contributed by atoms with Gasteiger partial charge in [0, 0.05) is 16.3 Å². The molecule has 5 nitrogen and oxygen atoms in total. The predicted octanol–water partition coefficient (Wildman–Crippen LogP) is 5.25. The lowest BCUT2D eigenvalue weighted by molar-refractivity contribution is 0.0940. The van der Waals surface area contributed by atoms with Gasteiger partial charge in [0.15, 0.2) is 0 Å². The molecule has 0 heterocycles. The summed E-state index contributed by atoms with van der Waals surface area (Å²) in [5, 5.41) is 3.45. The van der Waals surface area contributed by atoms with Crippen LogP contribution in [-0.4, -0.2) is 14.3 Å². The molecular weight excluding hydrogens is 420 g/mol. The first kappa shape index (κ1) is 21.9. The topological polar surface area (TPSA) is 75.3 Å². The Morgan fingerprint density at radius 3 is 2.20 bits per heavy atom. The quantitative estimate of drug-likeness (QED) is 0.547. The van der Waals surface area contributed by atoms with E-state index in [0.29, 0.717) is 16.3 Å². The monoisotopic (exact) mass is 442 g/mol. The zero-order valence-electron chi connectivity index (χ0n) is 16.9. The van der Waals surface area contributed by atoms with Gasteiger partial charge < -0.3 is 5.32 Å². The van der Waals surface area contributed by atoms with Crippen molar-refractivity contribution in [3.8, 4) is 0 Å². The van der Waals surface area contributed by atoms with E-state index >= 15 is 0 Å². The Bertz CT molecular complexity index is 1160. The molecular formula is C23H23ClN2O3S. The van der Waals surface area contributed by atoms with Gasteiger partial charge >= 0.3 is 0 Å². The number of nitrogens with one attached hydrogen (secondary N) is 2. The molecule has 30 heavy (non-hydrogen) atoms. The molecule has 0 aromatic heterocycles. The minimum Gasteiger partial charge on any atom is -0.346 e. The van der Waals surface area contributed by atoms with Crippen molar-refractivity contribution in [3.63, 3.8) is 0 Å². The highest BCUT2D eigenvalue weighted by molar-refractivity contribution is 7.92. The standard InChI is InChI=1S/C23H23ClN2O3S/c1-15-4-5-16(2)22(14-15)17(3)25-23(27)18-6-10-20(11-7-18)26-30(28,29)21-12-8-19(24)9-13-21/h4-14,17,26H,1-3H3,(H,25,27). The van der Waals surface area contributed by atoms with E-state index in [0.717, 1.165) is 16.7 Å². The maximum Gasteiger partial charge on any atom is 0.261 e. The van der Waals surface area contributed by atoms with Gasteiger partial charge in [0.05, 0.1) is 10.9 Å². The Labute approximate surface area is 182 Å². The lowest BCUT2D eigenvalue weighted by Crippen LogP contribution is -2.27. The minimum absolute atomic E-state index is 0.107. The highest BCUT2D eigenvalue weighted by Gasteiger charge is 2.16. The van der Waals surface area contributed by atoms with E-state index in [1.54, 1.807) is 24.3 Å². The zero-order chi connectivity index (χ0) is 21.9. The number of rotatable bonds is 6. The van der Waals surface area contributed by atoms with Crippen molar-refractivity contribution in [2.45, 2.75) is 31.7 Å². The summed E-state index contributed by atoms with van der Waals surface area (Å²) in [5.74, 6) is -0.226. The van der Waals surface area contributed by atoms with Gasteiger partial charge in [-0.15, -0.1) is 0 Å². The van der Waals surface area contributed by atoms with Crippen molar-refractivity contribution in [2.24, 2.45) is 0 Å². The predicted molar refractivity (Wildman–Crippen MR) is 120 cm³/mol. The van der Waals surface area contributed by atoms with Gasteiger partial charge in [0.2, 0.25) is 0 Å². The van der Waals surface area contributed by atoms with E-state index in [-0.39, 0.29) is 16.8 Å². The molecule has 3 aromatic rings. The van der Waals surface area contributed by atoms with Crippen LogP contribution in [0.15, 0.2) is 71.6 Å². The lowest BCUT2D eigenvalue weighted by atomic mass is 9.99. The fourth-order valence-corrected chi connectivity index (χ4v) is 4.29. The molecule has 0 aliphatic heterocycles. The summed E-state index contributed by atoms with van der Waals surface area (Å²) in [6.45, 7) is 5.97. The second-order valence-electron chi connectivity index (χ2n) is 7.19. The van der Waals surface area contributed by atoms with Gasteiger partial charge in [-0.1, -0.05) is 35.4 Å². The zero-order valence-corrected chi connectivity index (χ0v) is 18.5. The fraction of sp³-hybridized carbons (Fsp3) is 0.174. The molecule has 0 spiro atoms. The molecule has 0 aliphatic rings. The van der Waals surface area contributed by atoms with Gasteiger partial charge in [-0.25, -0.2) is 8.42 Å². The van der Waals surface area contributed by atoms with E-state index in [2.05, 4.69) is 16.1 Å². The Morgan fingerprint density at radius 1 is 0.933 bits per heavy atom. The van der Waals surface area contributed by atoms with Crippen molar-refractivity contribution in [3.05, 3.63) is 94.0 Å². The van der Waals surface area contributed by atoms with E-state index in [4.69, 9.17) is 11.6 Å². The molecule has 0 saturated heterocycles. The number of hydrogen-bond acceptors (Lipinski definition) is 3. The molecule has 0 aliphatic carbocycles. The van der Waals surface area contributed by atoms with Crippen LogP contribution in [0.1, 0.15) is 40.0 Å². The number of amides is 1. The van der Waals surface area contributed by atoms with Crippen LogP contribution in [-0.2, 0) is 10.0 Å². The van der Waals surface area contributed by atoms with Crippen LogP contribution < -0.4 is 10.0 Å². The van der Waals surface area contributed by atoms with Crippen LogP contribution in [0.4, 0.5) is 5.69 Å². The van der Waals surface area contributed by atoms with Gasteiger partial charge in [-0.2, -0.15) is 0 Å². The number of anilines is 1. The lowest BCUT2D eigenvalue weighted by Gasteiger charge is -2.17. The largest absolute Gasteiger partial charge is 0.346 e. The van der Waals surface area contributed by atoms with Crippen LogP contribution in [0.2, 0.25) is 5.02 Å². The van der Waals surface area contributed by atoms with Gasteiger partial charge in [-0.05, 0) is 80.4 Å². The van der Waals surface area contributed by atoms with E-state index in [1.807, 2.05) is 32.9 Å². The van der Waals surface area contributed by atoms with Gasteiger partial charge in [-0.3, -0.25) is 9.52 Å². The van der Waals surface area contributed by atoms with Crippen molar-refractivity contribution in [1.82, 2.24) is 5.32 Å². The summed E-state index contributed by atoms with van der Waals surface area (Å²) in [7, 11) is -3.74. The third-order valence-electron chi connectivity index (χ3n) is 4.77. The van der Waals surface area contributed by atoms with E-state index in [9.17, 15) is 13.2 Å². The molecule has 7 heteroatoms. The maximum absolute atomic E-state index is 12.6. The maximum atomic E-state index is 12.6. The molecule has 0 fully saturated rings. The van der Waals surface area contributed by atoms with Crippen LogP contribution in [0.5, 0.6) is 0 Å². The first-order valence-corrected chi connectivity index (χ1v) is 11.3. The van der Waals surface area contributed by atoms with Crippen LogP contribution in [0.25, 0.3) is 0 Å². The van der Waals surface area contributed by atoms with E-state index < -0.39 is 10.0 Å². The number of aryl methyl sites for hydroxylation is 2. The van der Waals surface area contributed by atoms with E-state index in [1.165, 1.54) is 24.3 Å². The molecule has 1 atom stereocenters. The minimum atomic E-state index is -3.74. The average molecular weight is 443 g/mol. The third kappa shape index (κ3) is 5.20. The molecule has 0 radical (unpaired) electrons. The number of halogens is 1. The number of hydrogen-bond donors (Lipinski definition) is 2.